The number of benzene rings is 1. The van der Waals surface area contributed by atoms with Gasteiger partial charge in [-0.2, -0.15) is 0 Å². The first kappa shape index (κ1) is 9.92. The summed E-state index contributed by atoms with van der Waals surface area (Å²) < 4.78 is 1.14. The van der Waals surface area contributed by atoms with Crippen LogP contribution in [0.1, 0.15) is 15.9 Å². The lowest BCUT2D eigenvalue weighted by atomic mass is 10.1. The summed E-state index contributed by atoms with van der Waals surface area (Å²) in [6, 6.07) is 5.81. The smallest absolute Gasteiger partial charge is 0.254 e. The minimum atomic E-state index is 0.0246. The molecule has 74 valence electrons. The van der Waals surface area contributed by atoms with Gasteiger partial charge in [-0.3, -0.25) is 4.79 Å². The third-order valence-corrected chi connectivity index (χ3v) is 2.99. The molecule has 0 aliphatic carbocycles. The van der Waals surface area contributed by atoms with E-state index in [4.69, 9.17) is 5.11 Å². The van der Waals surface area contributed by atoms with Gasteiger partial charge in [0.15, 0.2) is 0 Å². The zero-order valence-electron chi connectivity index (χ0n) is 7.53. The Morgan fingerprint density at radius 3 is 3.00 bits per heavy atom. The Hall–Kier alpha value is -0.620. The standard InChI is InChI=1S/C10H10INO2/c11-8-1-2-9-7(5-8)6-12(3-4-13)10(9)14/h1-2,5,13H,3-4,6H2. The van der Waals surface area contributed by atoms with Gasteiger partial charge >= 0.3 is 0 Å². The van der Waals surface area contributed by atoms with E-state index in [0.717, 1.165) is 14.7 Å². The Labute approximate surface area is 95.9 Å². The van der Waals surface area contributed by atoms with Gasteiger partial charge in [0, 0.05) is 22.2 Å². The number of fused-ring (bicyclic) bond motifs is 1. The second-order valence-corrected chi connectivity index (χ2v) is 4.50. The molecule has 0 atom stereocenters. The van der Waals surface area contributed by atoms with Crippen molar-refractivity contribution in [3.63, 3.8) is 0 Å². The first-order valence-electron chi connectivity index (χ1n) is 4.41. The second-order valence-electron chi connectivity index (χ2n) is 3.25. The van der Waals surface area contributed by atoms with E-state index in [1.807, 2.05) is 18.2 Å². The van der Waals surface area contributed by atoms with Gasteiger partial charge in [0.1, 0.15) is 0 Å². The van der Waals surface area contributed by atoms with Crippen LogP contribution in [0, 0.1) is 3.57 Å². The highest BCUT2D eigenvalue weighted by Gasteiger charge is 2.26. The highest BCUT2D eigenvalue weighted by atomic mass is 127. The number of hydrogen-bond acceptors (Lipinski definition) is 2. The highest BCUT2D eigenvalue weighted by Crippen LogP contribution is 2.23. The molecular weight excluding hydrogens is 293 g/mol. The van der Waals surface area contributed by atoms with Crippen molar-refractivity contribution in [2.75, 3.05) is 13.2 Å². The van der Waals surface area contributed by atoms with Crippen molar-refractivity contribution in [1.82, 2.24) is 4.90 Å². The fourth-order valence-corrected chi connectivity index (χ4v) is 2.21. The van der Waals surface area contributed by atoms with Crippen molar-refractivity contribution in [2.24, 2.45) is 0 Å². The number of aliphatic hydroxyl groups is 1. The van der Waals surface area contributed by atoms with Crippen molar-refractivity contribution < 1.29 is 9.90 Å². The molecule has 14 heavy (non-hydrogen) atoms. The number of amides is 1. The van der Waals surface area contributed by atoms with Crippen LogP contribution in [0.25, 0.3) is 0 Å². The molecule has 1 aliphatic rings. The normalized spacial score (nSPS) is 14.7. The van der Waals surface area contributed by atoms with Crippen molar-refractivity contribution in [3.8, 4) is 0 Å². The lowest BCUT2D eigenvalue weighted by molar-refractivity contribution is 0.0745. The van der Waals surface area contributed by atoms with Crippen molar-refractivity contribution in [2.45, 2.75) is 6.54 Å². The molecule has 1 aromatic rings. The average molecular weight is 303 g/mol. The van der Waals surface area contributed by atoms with E-state index in [2.05, 4.69) is 22.6 Å². The Morgan fingerprint density at radius 1 is 1.50 bits per heavy atom. The van der Waals surface area contributed by atoms with Gasteiger partial charge < -0.3 is 10.0 Å². The van der Waals surface area contributed by atoms with Crippen LogP contribution in [0.5, 0.6) is 0 Å². The number of nitrogens with zero attached hydrogens (tertiary/aromatic N) is 1. The molecule has 1 N–H and O–H groups in total. The van der Waals surface area contributed by atoms with Gasteiger partial charge in [-0.15, -0.1) is 0 Å². The molecule has 0 unspecified atom stereocenters. The van der Waals surface area contributed by atoms with Gasteiger partial charge in [0.05, 0.1) is 6.61 Å². The van der Waals surface area contributed by atoms with E-state index in [1.54, 1.807) is 4.90 Å². The zero-order chi connectivity index (χ0) is 10.1. The Kier molecular flexibility index (Phi) is 2.73. The summed E-state index contributed by atoms with van der Waals surface area (Å²) in [5.74, 6) is 0.0328. The maximum absolute atomic E-state index is 11.7. The van der Waals surface area contributed by atoms with E-state index in [-0.39, 0.29) is 12.5 Å². The number of halogens is 1. The molecule has 1 aliphatic heterocycles. The predicted octanol–water partition coefficient (Wildman–Crippen LogP) is 1.24. The quantitative estimate of drug-likeness (QED) is 0.835. The summed E-state index contributed by atoms with van der Waals surface area (Å²) in [5.41, 5.74) is 1.84. The molecule has 0 radical (unpaired) electrons. The van der Waals surface area contributed by atoms with Crippen LogP contribution in [0.15, 0.2) is 18.2 Å². The zero-order valence-corrected chi connectivity index (χ0v) is 9.69. The summed E-state index contributed by atoms with van der Waals surface area (Å²) >= 11 is 2.23. The van der Waals surface area contributed by atoms with E-state index in [0.29, 0.717) is 13.1 Å². The van der Waals surface area contributed by atoms with Gasteiger partial charge in [-0.25, -0.2) is 0 Å². The molecule has 0 fully saturated rings. The van der Waals surface area contributed by atoms with Crippen molar-refractivity contribution >= 4 is 28.5 Å². The Morgan fingerprint density at radius 2 is 2.29 bits per heavy atom. The predicted molar refractivity (Wildman–Crippen MR) is 61.0 cm³/mol. The molecule has 0 saturated carbocycles. The fraction of sp³-hybridized carbons (Fsp3) is 0.300. The summed E-state index contributed by atoms with van der Waals surface area (Å²) in [6.45, 7) is 1.08. The van der Waals surface area contributed by atoms with Crippen LogP contribution >= 0.6 is 22.6 Å². The van der Waals surface area contributed by atoms with Gasteiger partial charge in [-0.05, 0) is 46.4 Å². The first-order valence-corrected chi connectivity index (χ1v) is 5.49. The molecule has 1 heterocycles. The molecule has 0 aromatic heterocycles. The minimum absolute atomic E-state index is 0.0246. The summed E-state index contributed by atoms with van der Waals surface area (Å²) in [4.78, 5) is 13.4. The molecule has 1 amide bonds. The molecule has 1 aromatic carbocycles. The average Bonchev–Trinajstić information content (AvgIpc) is 2.44. The van der Waals surface area contributed by atoms with Gasteiger partial charge in [0.25, 0.3) is 5.91 Å². The van der Waals surface area contributed by atoms with Crippen LogP contribution in [0.2, 0.25) is 0 Å². The van der Waals surface area contributed by atoms with E-state index < -0.39 is 0 Å². The molecule has 0 saturated heterocycles. The van der Waals surface area contributed by atoms with E-state index in [9.17, 15) is 4.79 Å². The highest BCUT2D eigenvalue weighted by molar-refractivity contribution is 14.1. The molecule has 3 nitrogen and oxygen atoms in total. The number of carbonyl (C=O) groups excluding carboxylic acids is 1. The number of hydrogen-bond donors (Lipinski definition) is 1. The summed E-state index contributed by atoms with van der Waals surface area (Å²) in [6.07, 6.45) is 0. The topological polar surface area (TPSA) is 40.5 Å². The largest absolute Gasteiger partial charge is 0.395 e. The number of rotatable bonds is 2. The summed E-state index contributed by atoms with van der Waals surface area (Å²) in [7, 11) is 0. The first-order chi connectivity index (χ1) is 6.72. The van der Waals surface area contributed by atoms with Crippen LogP contribution < -0.4 is 0 Å². The molecular formula is C10H10INO2. The SMILES string of the molecule is O=C1c2ccc(I)cc2CN1CCO. The van der Waals surface area contributed by atoms with Crippen LogP contribution in [-0.4, -0.2) is 29.1 Å². The Bertz CT molecular complexity index is 378. The van der Waals surface area contributed by atoms with E-state index >= 15 is 0 Å². The number of aliphatic hydroxyl groups excluding tert-OH is 1. The third kappa shape index (κ3) is 1.64. The molecule has 4 heteroatoms. The van der Waals surface area contributed by atoms with E-state index in [1.165, 1.54) is 0 Å². The van der Waals surface area contributed by atoms with Crippen LogP contribution in [0.3, 0.4) is 0 Å². The molecule has 2 rings (SSSR count). The number of carbonyl (C=O) groups is 1. The van der Waals surface area contributed by atoms with Gasteiger partial charge in [0.2, 0.25) is 0 Å². The van der Waals surface area contributed by atoms with Gasteiger partial charge in [-0.1, -0.05) is 0 Å². The molecule has 0 bridgehead atoms. The monoisotopic (exact) mass is 303 g/mol. The lowest BCUT2D eigenvalue weighted by Gasteiger charge is -2.12. The lowest BCUT2D eigenvalue weighted by Crippen LogP contribution is -2.26. The summed E-state index contributed by atoms with van der Waals surface area (Å²) in [5, 5.41) is 8.78. The van der Waals surface area contributed by atoms with Crippen molar-refractivity contribution in [1.29, 1.82) is 0 Å². The maximum Gasteiger partial charge on any atom is 0.254 e. The van der Waals surface area contributed by atoms with Crippen LogP contribution in [0.4, 0.5) is 0 Å². The Balaban J connectivity index is 2.31. The van der Waals surface area contributed by atoms with Crippen LogP contribution in [-0.2, 0) is 6.54 Å². The maximum atomic E-state index is 11.7. The second kappa shape index (κ2) is 3.86. The number of β-amino-alcohol motifs (C(OH)–C–C–N with tert-alkyl or cyclic N) is 1. The molecule has 0 spiro atoms. The minimum Gasteiger partial charge on any atom is -0.395 e. The fourth-order valence-electron chi connectivity index (χ4n) is 1.65. The third-order valence-electron chi connectivity index (χ3n) is 2.32. The van der Waals surface area contributed by atoms with Crippen molar-refractivity contribution in [3.05, 3.63) is 32.9 Å².